The minimum absolute atomic E-state index is 0.312. The Hall–Kier alpha value is -0.930. The van der Waals surface area contributed by atoms with E-state index in [4.69, 9.17) is 26.8 Å². The van der Waals surface area contributed by atoms with Gasteiger partial charge in [0.05, 0.1) is 19.2 Å². The molecule has 0 aliphatic heterocycles. The van der Waals surface area contributed by atoms with Gasteiger partial charge in [-0.2, -0.15) is 0 Å². The highest BCUT2D eigenvalue weighted by Crippen LogP contribution is 2.42. The maximum atomic E-state index is 6.53. The second kappa shape index (κ2) is 6.02. The van der Waals surface area contributed by atoms with Gasteiger partial charge in [-0.1, -0.05) is 25.4 Å². The SMILES string of the molecule is COc1cc(C(C)C)c(Cl)c(CC(C)(C)N)c1OC. The number of hydrogen-bond acceptors (Lipinski definition) is 3. The summed E-state index contributed by atoms with van der Waals surface area (Å²) in [5.74, 6) is 1.69. The molecule has 19 heavy (non-hydrogen) atoms. The second-order valence-electron chi connectivity index (χ2n) is 5.81. The van der Waals surface area contributed by atoms with Gasteiger partial charge in [0.2, 0.25) is 0 Å². The number of rotatable bonds is 5. The minimum Gasteiger partial charge on any atom is -0.493 e. The van der Waals surface area contributed by atoms with Crippen LogP contribution in [0.2, 0.25) is 5.02 Å². The molecule has 0 amide bonds. The predicted octanol–water partition coefficient (Wildman–Crippen LogP) is 3.76. The summed E-state index contributed by atoms with van der Waals surface area (Å²) in [5.41, 5.74) is 7.73. The Balaban J connectivity index is 3.50. The van der Waals surface area contributed by atoms with Crippen molar-refractivity contribution in [3.63, 3.8) is 0 Å². The van der Waals surface area contributed by atoms with Crippen LogP contribution in [0, 0.1) is 0 Å². The highest BCUT2D eigenvalue weighted by Gasteiger charge is 2.24. The topological polar surface area (TPSA) is 44.5 Å². The molecular weight excluding hydrogens is 262 g/mol. The molecule has 0 spiro atoms. The second-order valence-corrected chi connectivity index (χ2v) is 6.19. The first kappa shape index (κ1) is 16.1. The van der Waals surface area contributed by atoms with Gasteiger partial charge in [-0.15, -0.1) is 0 Å². The van der Waals surface area contributed by atoms with Crippen LogP contribution in [-0.4, -0.2) is 19.8 Å². The van der Waals surface area contributed by atoms with E-state index >= 15 is 0 Å². The van der Waals surface area contributed by atoms with Crippen molar-refractivity contribution in [1.82, 2.24) is 0 Å². The van der Waals surface area contributed by atoms with Crippen molar-refractivity contribution in [2.75, 3.05) is 14.2 Å². The minimum atomic E-state index is -0.364. The molecule has 0 aromatic heterocycles. The molecule has 2 N–H and O–H groups in total. The van der Waals surface area contributed by atoms with Gasteiger partial charge in [0, 0.05) is 11.1 Å². The predicted molar refractivity (Wildman–Crippen MR) is 80.6 cm³/mol. The molecule has 1 rings (SSSR count). The van der Waals surface area contributed by atoms with E-state index in [0.717, 1.165) is 16.1 Å². The Labute approximate surface area is 121 Å². The third kappa shape index (κ3) is 3.77. The van der Waals surface area contributed by atoms with Crippen LogP contribution >= 0.6 is 11.6 Å². The molecule has 0 radical (unpaired) electrons. The summed E-state index contributed by atoms with van der Waals surface area (Å²) >= 11 is 6.53. The molecule has 0 aliphatic carbocycles. The molecular formula is C15H24ClNO2. The highest BCUT2D eigenvalue weighted by atomic mass is 35.5. The molecule has 108 valence electrons. The van der Waals surface area contributed by atoms with Gasteiger partial charge in [0.15, 0.2) is 11.5 Å². The number of hydrogen-bond donors (Lipinski definition) is 1. The molecule has 0 saturated heterocycles. The van der Waals surface area contributed by atoms with Gasteiger partial charge in [-0.3, -0.25) is 0 Å². The van der Waals surface area contributed by atoms with Crippen molar-refractivity contribution in [2.45, 2.75) is 45.6 Å². The number of methoxy groups -OCH3 is 2. The summed E-state index contributed by atoms with van der Waals surface area (Å²) in [4.78, 5) is 0. The maximum Gasteiger partial charge on any atom is 0.165 e. The Morgan fingerprint density at radius 1 is 1.26 bits per heavy atom. The molecule has 0 heterocycles. The molecule has 0 atom stereocenters. The van der Waals surface area contributed by atoms with Crippen molar-refractivity contribution < 1.29 is 9.47 Å². The van der Waals surface area contributed by atoms with E-state index in [1.54, 1.807) is 14.2 Å². The molecule has 0 fully saturated rings. The van der Waals surface area contributed by atoms with E-state index in [2.05, 4.69) is 13.8 Å². The first-order valence-corrected chi connectivity index (χ1v) is 6.81. The lowest BCUT2D eigenvalue weighted by atomic mass is 9.91. The van der Waals surface area contributed by atoms with E-state index < -0.39 is 0 Å². The van der Waals surface area contributed by atoms with Crippen LogP contribution in [0.15, 0.2) is 6.07 Å². The average Bonchev–Trinajstić information content (AvgIpc) is 2.29. The number of ether oxygens (including phenoxy) is 2. The highest BCUT2D eigenvalue weighted by molar-refractivity contribution is 6.32. The van der Waals surface area contributed by atoms with Gasteiger partial charge >= 0.3 is 0 Å². The third-order valence-electron chi connectivity index (χ3n) is 2.98. The lowest BCUT2D eigenvalue weighted by molar-refractivity contribution is 0.348. The smallest absolute Gasteiger partial charge is 0.165 e. The number of nitrogens with two attached hydrogens (primary N) is 1. The molecule has 4 heteroatoms. The Bertz CT molecular complexity index is 450. The largest absolute Gasteiger partial charge is 0.493 e. The molecule has 0 aliphatic rings. The van der Waals surface area contributed by atoms with E-state index in [1.165, 1.54) is 0 Å². The fourth-order valence-corrected chi connectivity index (χ4v) is 2.53. The molecule has 1 aromatic carbocycles. The Morgan fingerprint density at radius 3 is 2.21 bits per heavy atom. The molecule has 0 bridgehead atoms. The summed E-state index contributed by atoms with van der Waals surface area (Å²) in [7, 11) is 3.25. The zero-order valence-electron chi connectivity index (χ0n) is 12.6. The van der Waals surface area contributed by atoms with Crippen LogP contribution in [0.5, 0.6) is 11.5 Å². The summed E-state index contributed by atoms with van der Waals surface area (Å²) in [6, 6.07) is 1.94. The van der Waals surface area contributed by atoms with Crippen molar-refractivity contribution in [1.29, 1.82) is 0 Å². The van der Waals surface area contributed by atoms with Crippen LogP contribution < -0.4 is 15.2 Å². The monoisotopic (exact) mass is 285 g/mol. The Morgan fingerprint density at radius 2 is 1.84 bits per heavy atom. The maximum absolute atomic E-state index is 6.53. The van der Waals surface area contributed by atoms with Gasteiger partial charge in [-0.05, 0) is 37.8 Å². The van der Waals surface area contributed by atoms with Crippen LogP contribution in [0.3, 0.4) is 0 Å². The quantitative estimate of drug-likeness (QED) is 0.896. The average molecular weight is 286 g/mol. The van der Waals surface area contributed by atoms with Crippen molar-refractivity contribution in [2.24, 2.45) is 5.73 Å². The van der Waals surface area contributed by atoms with Crippen LogP contribution in [0.25, 0.3) is 0 Å². The zero-order chi connectivity index (χ0) is 14.8. The number of benzene rings is 1. The van der Waals surface area contributed by atoms with E-state index in [-0.39, 0.29) is 5.54 Å². The lowest BCUT2D eigenvalue weighted by Gasteiger charge is -2.24. The fraction of sp³-hybridized carbons (Fsp3) is 0.600. The summed E-state index contributed by atoms with van der Waals surface area (Å²) in [6.45, 7) is 8.14. The van der Waals surface area contributed by atoms with Gasteiger partial charge in [-0.25, -0.2) is 0 Å². The van der Waals surface area contributed by atoms with Crippen LogP contribution in [-0.2, 0) is 6.42 Å². The molecule has 0 saturated carbocycles. The van der Waals surface area contributed by atoms with Crippen molar-refractivity contribution in [3.8, 4) is 11.5 Å². The van der Waals surface area contributed by atoms with E-state index in [9.17, 15) is 0 Å². The van der Waals surface area contributed by atoms with Crippen molar-refractivity contribution in [3.05, 3.63) is 22.2 Å². The van der Waals surface area contributed by atoms with Gasteiger partial charge < -0.3 is 15.2 Å². The zero-order valence-corrected chi connectivity index (χ0v) is 13.4. The lowest BCUT2D eigenvalue weighted by Crippen LogP contribution is -2.34. The van der Waals surface area contributed by atoms with Crippen LogP contribution in [0.4, 0.5) is 0 Å². The molecule has 0 unspecified atom stereocenters. The molecule has 3 nitrogen and oxygen atoms in total. The first-order valence-electron chi connectivity index (χ1n) is 6.43. The summed E-state index contributed by atoms with van der Waals surface area (Å²) < 4.78 is 10.9. The van der Waals surface area contributed by atoms with Gasteiger partial charge in [0.1, 0.15) is 0 Å². The third-order valence-corrected chi connectivity index (χ3v) is 3.43. The fourth-order valence-electron chi connectivity index (χ4n) is 2.10. The van der Waals surface area contributed by atoms with E-state index in [0.29, 0.717) is 23.8 Å². The summed E-state index contributed by atoms with van der Waals surface area (Å²) in [6.07, 6.45) is 0.631. The first-order chi connectivity index (χ1) is 8.71. The van der Waals surface area contributed by atoms with E-state index in [1.807, 2.05) is 19.9 Å². The van der Waals surface area contributed by atoms with Crippen molar-refractivity contribution >= 4 is 11.6 Å². The molecule has 1 aromatic rings. The normalized spacial score (nSPS) is 11.8. The van der Waals surface area contributed by atoms with Gasteiger partial charge in [0.25, 0.3) is 0 Å². The van der Waals surface area contributed by atoms with Crippen LogP contribution in [0.1, 0.15) is 44.7 Å². The standard InChI is InChI=1S/C15H24ClNO2/c1-9(2)10-7-12(18-5)14(19-6)11(13(10)16)8-15(3,4)17/h7,9H,8,17H2,1-6H3. The summed E-state index contributed by atoms with van der Waals surface area (Å²) in [5, 5.41) is 0.728. The Kier molecular flexibility index (Phi) is 5.11. The number of halogens is 1.